The van der Waals surface area contributed by atoms with Crippen molar-refractivity contribution in [1.29, 1.82) is 0 Å². The Bertz CT molecular complexity index is 405. The summed E-state index contributed by atoms with van der Waals surface area (Å²) in [4.78, 5) is 4.97. The topological polar surface area (TPSA) is 6.48 Å². The fourth-order valence-corrected chi connectivity index (χ4v) is 2.89. The number of nitrogens with zero attached hydrogens (tertiary/aromatic N) is 2. The van der Waals surface area contributed by atoms with Gasteiger partial charge in [-0.05, 0) is 36.9 Å². The fourth-order valence-electron chi connectivity index (χ4n) is 2.55. The molecule has 4 heteroatoms. The van der Waals surface area contributed by atoms with Crippen LogP contribution in [-0.4, -0.2) is 54.0 Å². The summed E-state index contributed by atoms with van der Waals surface area (Å²) in [7, 11) is 0. The molecule has 0 unspecified atom stereocenters. The minimum absolute atomic E-state index is 0.132. The van der Waals surface area contributed by atoms with E-state index >= 15 is 0 Å². The van der Waals surface area contributed by atoms with Gasteiger partial charge in [0, 0.05) is 38.0 Å². The second-order valence-electron chi connectivity index (χ2n) is 5.58. The molecule has 1 aliphatic rings. The van der Waals surface area contributed by atoms with Gasteiger partial charge in [0.05, 0.1) is 0 Å². The van der Waals surface area contributed by atoms with Crippen LogP contribution in [0.3, 0.4) is 0 Å². The molecule has 1 aliphatic heterocycles. The summed E-state index contributed by atoms with van der Waals surface area (Å²) in [6.07, 6.45) is 3.45. The van der Waals surface area contributed by atoms with Crippen molar-refractivity contribution < 1.29 is 4.39 Å². The average molecular weight is 296 g/mol. The third-order valence-corrected chi connectivity index (χ3v) is 5.05. The molecule has 0 N–H and O–H groups in total. The number of piperazine rings is 1. The van der Waals surface area contributed by atoms with Gasteiger partial charge in [-0.1, -0.05) is 19.1 Å². The van der Waals surface area contributed by atoms with Gasteiger partial charge < -0.3 is 4.90 Å². The molecule has 2 rings (SSSR count). The van der Waals surface area contributed by atoms with Crippen LogP contribution in [0.1, 0.15) is 18.9 Å². The summed E-state index contributed by atoms with van der Waals surface area (Å²) in [5.41, 5.74) is 1.08. The van der Waals surface area contributed by atoms with Gasteiger partial charge in [0.1, 0.15) is 5.82 Å². The van der Waals surface area contributed by atoms with Crippen LogP contribution in [0.2, 0.25) is 0 Å². The van der Waals surface area contributed by atoms with Gasteiger partial charge in [0.15, 0.2) is 0 Å². The highest BCUT2D eigenvalue weighted by atomic mass is 32.2. The lowest BCUT2D eigenvalue weighted by Crippen LogP contribution is -2.46. The van der Waals surface area contributed by atoms with Crippen LogP contribution in [0, 0.1) is 5.82 Å². The van der Waals surface area contributed by atoms with Crippen molar-refractivity contribution in [3.63, 3.8) is 0 Å². The molecule has 2 nitrogen and oxygen atoms in total. The second kappa shape index (κ2) is 8.01. The Kier molecular flexibility index (Phi) is 6.33. The molecule has 0 spiro atoms. The van der Waals surface area contributed by atoms with E-state index in [1.807, 2.05) is 17.8 Å². The lowest BCUT2D eigenvalue weighted by molar-refractivity contribution is 0.126. The Hall–Kier alpha value is -0.580. The van der Waals surface area contributed by atoms with Gasteiger partial charge in [-0.2, -0.15) is 11.8 Å². The first-order valence-electron chi connectivity index (χ1n) is 7.39. The molecular weight excluding hydrogens is 271 g/mol. The normalized spacial score (nSPS) is 19.1. The lowest BCUT2D eigenvalue weighted by atomic mass is 10.2. The maximum absolute atomic E-state index is 13.2. The van der Waals surface area contributed by atoms with E-state index in [1.54, 1.807) is 12.1 Å². The lowest BCUT2D eigenvalue weighted by Gasteiger charge is -2.35. The van der Waals surface area contributed by atoms with Gasteiger partial charge in [-0.15, -0.1) is 0 Å². The first kappa shape index (κ1) is 15.8. The number of benzene rings is 1. The standard InChI is InChI=1S/C16H25FN2S/c1-14(20-2)6-7-18-8-10-19(11-9-18)13-15-4-3-5-16(17)12-15/h3-5,12,14H,6-11,13H2,1-2H3/t14-/m1/s1. The first-order chi connectivity index (χ1) is 9.67. The molecule has 1 heterocycles. The Balaban J connectivity index is 1.71. The van der Waals surface area contributed by atoms with Crippen molar-refractivity contribution in [1.82, 2.24) is 9.80 Å². The maximum atomic E-state index is 13.2. The molecule has 0 aliphatic carbocycles. The Morgan fingerprint density at radius 2 is 1.90 bits per heavy atom. The number of rotatable bonds is 6. The highest BCUT2D eigenvalue weighted by molar-refractivity contribution is 7.99. The van der Waals surface area contributed by atoms with Crippen LogP contribution in [0.4, 0.5) is 4.39 Å². The summed E-state index contributed by atoms with van der Waals surface area (Å²) in [5.74, 6) is -0.132. The average Bonchev–Trinajstić information content (AvgIpc) is 2.46. The summed E-state index contributed by atoms with van der Waals surface area (Å²) >= 11 is 1.94. The first-order valence-corrected chi connectivity index (χ1v) is 8.68. The Morgan fingerprint density at radius 1 is 1.20 bits per heavy atom. The van der Waals surface area contributed by atoms with E-state index < -0.39 is 0 Å². The molecule has 112 valence electrons. The van der Waals surface area contributed by atoms with E-state index in [0.717, 1.165) is 43.5 Å². The van der Waals surface area contributed by atoms with E-state index in [9.17, 15) is 4.39 Å². The molecule has 0 amide bonds. The SMILES string of the molecule is CS[C@H](C)CCN1CCN(Cc2cccc(F)c2)CC1. The molecule has 0 bridgehead atoms. The molecule has 0 radical (unpaired) electrons. The van der Waals surface area contributed by atoms with E-state index in [4.69, 9.17) is 0 Å². The largest absolute Gasteiger partial charge is 0.301 e. The van der Waals surface area contributed by atoms with E-state index in [-0.39, 0.29) is 5.82 Å². The van der Waals surface area contributed by atoms with Crippen molar-refractivity contribution >= 4 is 11.8 Å². The predicted molar refractivity (Wildman–Crippen MR) is 85.7 cm³/mol. The van der Waals surface area contributed by atoms with Crippen molar-refractivity contribution in [3.8, 4) is 0 Å². The highest BCUT2D eigenvalue weighted by Crippen LogP contribution is 2.13. The molecule has 1 aromatic carbocycles. The fraction of sp³-hybridized carbons (Fsp3) is 0.625. The van der Waals surface area contributed by atoms with Gasteiger partial charge in [0.25, 0.3) is 0 Å². The van der Waals surface area contributed by atoms with Crippen LogP contribution >= 0.6 is 11.8 Å². The number of hydrogen-bond donors (Lipinski definition) is 0. The van der Waals surface area contributed by atoms with Crippen LogP contribution in [0.25, 0.3) is 0 Å². The summed E-state index contributed by atoms with van der Waals surface area (Å²) in [6, 6.07) is 6.96. The molecule has 1 aromatic rings. The predicted octanol–water partition coefficient (Wildman–Crippen LogP) is 3.08. The minimum Gasteiger partial charge on any atom is -0.301 e. The highest BCUT2D eigenvalue weighted by Gasteiger charge is 2.17. The monoisotopic (exact) mass is 296 g/mol. The molecule has 0 saturated carbocycles. The van der Waals surface area contributed by atoms with Crippen LogP contribution in [0.5, 0.6) is 0 Å². The van der Waals surface area contributed by atoms with Crippen molar-refractivity contribution in [3.05, 3.63) is 35.6 Å². The number of thioether (sulfide) groups is 1. The zero-order valence-electron chi connectivity index (χ0n) is 12.5. The van der Waals surface area contributed by atoms with Crippen LogP contribution in [-0.2, 0) is 6.54 Å². The molecule has 1 atom stereocenters. The number of hydrogen-bond acceptors (Lipinski definition) is 3. The maximum Gasteiger partial charge on any atom is 0.123 e. The molecular formula is C16H25FN2S. The second-order valence-corrected chi connectivity index (χ2v) is 6.86. The van der Waals surface area contributed by atoms with E-state index in [1.165, 1.54) is 19.0 Å². The van der Waals surface area contributed by atoms with E-state index in [0.29, 0.717) is 0 Å². The van der Waals surface area contributed by atoms with Gasteiger partial charge >= 0.3 is 0 Å². The van der Waals surface area contributed by atoms with Gasteiger partial charge in [0.2, 0.25) is 0 Å². The zero-order chi connectivity index (χ0) is 14.4. The van der Waals surface area contributed by atoms with Crippen molar-refractivity contribution in [2.24, 2.45) is 0 Å². The summed E-state index contributed by atoms with van der Waals surface area (Å²) in [5, 5.41) is 0.750. The van der Waals surface area contributed by atoms with Crippen LogP contribution in [0.15, 0.2) is 24.3 Å². The third kappa shape index (κ3) is 5.08. The molecule has 1 saturated heterocycles. The smallest absolute Gasteiger partial charge is 0.123 e. The molecule has 0 aromatic heterocycles. The van der Waals surface area contributed by atoms with Crippen LogP contribution < -0.4 is 0 Å². The van der Waals surface area contributed by atoms with E-state index in [2.05, 4.69) is 23.0 Å². The third-order valence-electron chi connectivity index (χ3n) is 4.01. The summed E-state index contributed by atoms with van der Waals surface area (Å²) < 4.78 is 13.2. The molecule has 1 fully saturated rings. The Labute approximate surface area is 126 Å². The zero-order valence-corrected chi connectivity index (χ0v) is 13.3. The molecule has 20 heavy (non-hydrogen) atoms. The Morgan fingerprint density at radius 3 is 2.55 bits per heavy atom. The van der Waals surface area contributed by atoms with Crippen molar-refractivity contribution in [2.75, 3.05) is 39.0 Å². The van der Waals surface area contributed by atoms with Crippen molar-refractivity contribution in [2.45, 2.75) is 25.1 Å². The minimum atomic E-state index is -0.132. The summed E-state index contributed by atoms with van der Waals surface area (Å²) in [6.45, 7) is 8.81. The quantitative estimate of drug-likeness (QED) is 0.796. The van der Waals surface area contributed by atoms with Gasteiger partial charge in [-0.25, -0.2) is 4.39 Å². The number of halogens is 1. The van der Waals surface area contributed by atoms with Gasteiger partial charge in [-0.3, -0.25) is 4.90 Å².